The Morgan fingerprint density at radius 2 is 1.81 bits per heavy atom. The molecule has 0 unspecified atom stereocenters. The number of carbonyl (C=O) groups is 2. The summed E-state index contributed by atoms with van der Waals surface area (Å²) in [5.41, 5.74) is 0.923. The van der Waals surface area contributed by atoms with Crippen LogP contribution in [-0.4, -0.2) is 50.2 Å². The maximum atomic E-state index is 13.0. The third kappa shape index (κ3) is 4.67. The van der Waals surface area contributed by atoms with E-state index in [1.54, 1.807) is 35.2 Å². The van der Waals surface area contributed by atoms with Gasteiger partial charge in [0.1, 0.15) is 5.75 Å². The van der Waals surface area contributed by atoms with E-state index in [1.807, 2.05) is 18.2 Å². The number of esters is 1. The normalized spacial score (nSPS) is 15.1. The summed E-state index contributed by atoms with van der Waals surface area (Å²) in [5, 5.41) is 0. The van der Waals surface area contributed by atoms with Gasteiger partial charge in [0.25, 0.3) is 5.91 Å². The molecule has 0 spiro atoms. The van der Waals surface area contributed by atoms with Crippen LogP contribution in [0.3, 0.4) is 0 Å². The fraction of sp³-hybridized carbons (Fsp3) is 0.300. The van der Waals surface area contributed by atoms with E-state index in [9.17, 15) is 9.59 Å². The van der Waals surface area contributed by atoms with Gasteiger partial charge in [-0.25, -0.2) is 4.79 Å². The predicted octanol–water partition coefficient (Wildman–Crippen LogP) is 3.21. The maximum Gasteiger partial charge on any atom is 0.340 e. The van der Waals surface area contributed by atoms with Gasteiger partial charge in [0, 0.05) is 23.1 Å². The fourth-order valence-electron chi connectivity index (χ4n) is 2.80. The summed E-state index contributed by atoms with van der Waals surface area (Å²) >= 11 is 3.35. The van der Waals surface area contributed by atoms with E-state index >= 15 is 0 Å². The molecule has 0 radical (unpaired) electrons. The molecule has 2 aromatic carbocycles. The van der Waals surface area contributed by atoms with Crippen molar-refractivity contribution in [2.75, 3.05) is 33.4 Å². The molecule has 6 nitrogen and oxygen atoms in total. The summed E-state index contributed by atoms with van der Waals surface area (Å²) in [4.78, 5) is 27.5. The number of ether oxygens (including phenoxy) is 3. The summed E-state index contributed by atoms with van der Waals surface area (Å²) in [6, 6.07) is 14.0. The van der Waals surface area contributed by atoms with Crippen molar-refractivity contribution in [1.82, 2.24) is 4.90 Å². The van der Waals surface area contributed by atoms with Gasteiger partial charge < -0.3 is 19.1 Å². The highest BCUT2D eigenvalue weighted by molar-refractivity contribution is 9.10. The molecule has 1 aliphatic heterocycles. The topological polar surface area (TPSA) is 65.1 Å². The van der Waals surface area contributed by atoms with Crippen molar-refractivity contribution >= 4 is 27.8 Å². The fourth-order valence-corrected chi connectivity index (χ4v) is 3.21. The Hall–Kier alpha value is -2.38. The largest absolute Gasteiger partial charge is 0.497 e. The smallest absolute Gasteiger partial charge is 0.340 e. The predicted molar refractivity (Wildman–Crippen MR) is 103 cm³/mol. The Morgan fingerprint density at radius 3 is 2.48 bits per heavy atom. The van der Waals surface area contributed by atoms with Gasteiger partial charge in [-0.15, -0.1) is 0 Å². The third-order valence-electron chi connectivity index (χ3n) is 4.27. The van der Waals surface area contributed by atoms with Gasteiger partial charge in [-0.05, 0) is 34.1 Å². The van der Waals surface area contributed by atoms with Crippen LogP contribution in [0.4, 0.5) is 0 Å². The molecule has 1 amide bonds. The molecule has 142 valence electrons. The molecular formula is C20H20BrNO5. The molecule has 0 N–H and O–H groups in total. The van der Waals surface area contributed by atoms with Crippen LogP contribution in [0, 0.1) is 0 Å². The second kappa shape index (κ2) is 9.01. The highest BCUT2D eigenvalue weighted by atomic mass is 79.9. The number of rotatable bonds is 5. The second-order valence-corrected chi connectivity index (χ2v) is 6.83. The van der Waals surface area contributed by atoms with Gasteiger partial charge in [0.15, 0.2) is 0 Å². The summed E-state index contributed by atoms with van der Waals surface area (Å²) in [5.74, 6) is -0.325. The van der Waals surface area contributed by atoms with E-state index in [2.05, 4.69) is 15.9 Å². The molecular weight excluding hydrogens is 414 g/mol. The Bertz CT molecular complexity index is 805. The van der Waals surface area contributed by atoms with Crippen molar-refractivity contribution in [2.45, 2.75) is 6.10 Å². The van der Waals surface area contributed by atoms with Crippen LogP contribution in [-0.2, 0) is 14.3 Å². The van der Waals surface area contributed by atoms with Crippen LogP contribution in [0.1, 0.15) is 22.0 Å². The molecule has 0 aliphatic carbocycles. The van der Waals surface area contributed by atoms with Gasteiger partial charge in [0.2, 0.25) is 6.10 Å². The molecule has 1 saturated heterocycles. The number of methoxy groups -OCH3 is 1. The average molecular weight is 434 g/mol. The number of halogens is 1. The molecule has 0 bridgehead atoms. The Kier molecular flexibility index (Phi) is 6.47. The number of benzene rings is 2. The lowest BCUT2D eigenvalue weighted by Gasteiger charge is -2.30. The number of hydrogen-bond donors (Lipinski definition) is 0. The minimum Gasteiger partial charge on any atom is -0.497 e. The molecule has 2 aromatic rings. The summed E-state index contributed by atoms with van der Waals surface area (Å²) in [6.45, 7) is 1.90. The summed E-state index contributed by atoms with van der Waals surface area (Å²) in [6.07, 6.45) is -1.02. The van der Waals surface area contributed by atoms with E-state index in [0.717, 1.165) is 0 Å². The standard InChI is InChI=1S/C20H20BrNO5/c1-25-15-7-8-17(21)16(13-15)20(24)27-18(14-5-3-2-4-6-14)19(23)22-9-11-26-12-10-22/h2-8,13,18H,9-12H2,1H3/t18-/m1/s1. The lowest BCUT2D eigenvalue weighted by Crippen LogP contribution is -2.44. The monoisotopic (exact) mass is 433 g/mol. The van der Waals surface area contributed by atoms with Crippen molar-refractivity contribution in [3.8, 4) is 5.75 Å². The van der Waals surface area contributed by atoms with E-state index in [1.165, 1.54) is 7.11 Å². The number of hydrogen-bond acceptors (Lipinski definition) is 5. The van der Waals surface area contributed by atoms with Gasteiger partial charge in [-0.2, -0.15) is 0 Å². The van der Waals surface area contributed by atoms with Crippen LogP contribution >= 0.6 is 15.9 Å². The molecule has 0 saturated carbocycles. The van der Waals surface area contributed by atoms with Gasteiger partial charge in [-0.1, -0.05) is 30.3 Å². The van der Waals surface area contributed by atoms with Crippen molar-refractivity contribution in [1.29, 1.82) is 0 Å². The molecule has 0 aromatic heterocycles. The number of amides is 1. The first-order chi connectivity index (χ1) is 13.1. The number of carbonyl (C=O) groups excluding carboxylic acids is 2. The van der Waals surface area contributed by atoms with Crippen molar-refractivity contribution in [2.24, 2.45) is 0 Å². The molecule has 1 fully saturated rings. The average Bonchev–Trinajstić information content (AvgIpc) is 2.73. The van der Waals surface area contributed by atoms with Crippen molar-refractivity contribution in [3.63, 3.8) is 0 Å². The van der Waals surface area contributed by atoms with Gasteiger partial charge >= 0.3 is 5.97 Å². The van der Waals surface area contributed by atoms with E-state index in [0.29, 0.717) is 47.7 Å². The Labute approximate surface area is 166 Å². The van der Waals surface area contributed by atoms with E-state index in [-0.39, 0.29) is 5.91 Å². The molecule has 1 atom stereocenters. The van der Waals surface area contributed by atoms with Crippen LogP contribution in [0.15, 0.2) is 53.0 Å². The van der Waals surface area contributed by atoms with E-state index in [4.69, 9.17) is 14.2 Å². The SMILES string of the molecule is COc1ccc(Br)c(C(=O)O[C@@H](C(=O)N2CCOCC2)c2ccccc2)c1. The third-order valence-corrected chi connectivity index (χ3v) is 4.96. The zero-order chi connectivity index (χ0) is 19.2. The first kappa shape index (κ1) is 19.4. The lowest BCUT2D eigenvalue weighted by molar-refractivity contribution is -0.145. The first-order valence-corrected chi connectivity index (χ1v) is 9.35. The molecule has 27 heavy (non-hydrogen) atoms. The highest BCUT2D eigenvalue weighted by Crippen LogP contribution is 2.27. The minimum absolute atomic E-state index is 0.253. The molecule has 7 heteroatoms. The maximum absolute atomic E-state index is 13.0. The minimum atomic E-state index is -1.02. The Morgan fingerprint density at radius 1 is 1.11 bits per heavy atom. The van der Waals surface area contributed by atoms with Crippen LogP contribution in [0.2, 0.25) is 0 Å². The number of morpholine rings is 1. The zero-order valence-electron chi connectivity index (χ0n) is 14.9. The molecule has 1 aliphatic rings. The molecule has 1 heterocycles. The van der Waals surface area contributed by atoms with Crippen molar-refractivity contribution < 1.29 is 23.8 Å². The van der Waals surface area contributed by atoms with Crippen molar-refractivity contribution in [3.05, 3.63) is 64.1 Å². The number of nitrogens with zero attached hydrogens (tertiary/aromatic N) is 1. The van der Waals surface area contributed by atoms with Gasteiger partial charge in [-0.3, -0.25) is 4.79 Å². The Balaban J connectivity index is 1.87. The van der Waals surface area contributed by atoms with Gasteiger partial charge in [0.05, 0.1) is 25.9 Å². The van der Waals surface area contributed by atoms with E-state index < -0.39 is 12.1 Å². The molecule has 3 rings (SSSR count). The van der Waals surface area contributed by atoms with Crippen LogP contribution in [0.25, 0.3) is 0 Å². The first-order valence-electron chi connectivity index (χ1n) is 8.56. The highest BCUT2D eigenvalue weighted by Gasteiger charge is 2.31. The second-order valence-electron chi connectivity index (χ2n) is 5.98. The quantitative estimate of drug-likeness (QED) is 0.677. The lowest BCUT2D eigenvalue weighted by atomic mass is 10.1. The van der Waals surface area contributed by atoms with Crippen LogP contribution in [0.5, 0.6) is 5.75 Å². The zero-order valence-corrected chi connectivity index (χ0v) is 16.5. The summed E-state index contributed by atoms with van der Waals surface area (Å²) in [7, 11) is 1.52. The summed E-state index contributed by atoms with van der Waals surface area (Å²) < 4.78 is 16.7. The van der Waals surface area contributed by atoms with Crippen LogP contribution < -0.4 is 4.74 Å².